The van der Waals surface area contributed by atoms with Gasteiger partial charge in [-0.2, -0.15) is 5.10 Å². The third-order valence-electron chi connectivity index (χ3n) is 3.90. The third-order valence-corrected chi connectivity index (χ3v) is 5.93. The molecule has 0 saturated carbocycles. The summed E-state index contributed by atoms with van der Waals surface area (Å²) in [4.78, 5) is 0.302. The Labute approximate surface area is 149 Å². The minimum atomic E-state index is -3.47. The first-order chi connectivity index (χ1) is 11.3. The summed E-state index contributed by atoms with van der Waals surface area (Å²) in [6, 6.07) is 7.06. The summed E-state index contributed by atoms with van der Waals surface area (Å²) < 4.78 is 29.0. The topological polar surface area (TPSA) is 64.0 Å². The van der Waals surface area contributed by atoms with Crippen molar-refractivity contribution in [2.75, 3.05) is 6.54 Å². The minimum absolute atomic E-state index is 0.302. The van der Waals surface area contributed by atoms with Crippen LogP contribution in [0.3, 0.4) is 0 Å². The summed E-state index contributed by atoms with van der Waals surface area (Å²) in [6.07, 6.45) is 2.64. The molecule has 0 aliphatic rings. The zero-order valence-corrected chi connectivity index (χ0v) is 15.9. The molecule has 0 bridgehead atoms. The highest BCUT2D eigenvalue weighted by atomic mass is 35.5. The molecule has 0 saturated heterocycles. The molecule has 0 aliphatic carbocycles. The molecule has 0 unspecified atom stereocenters. The third kappa shape index (κ3) is 4.59. The first kappa shape index (κ1) is 19.0. The van der Waals surface area contributed by atoms with Gasteiger partial charge in [-0.05, 0) is 44.4 Å². The summed E-state index contributed by atoms with van der Waals surface area (Å²) in [6.45, 7) is 6.84. The first-order valence-electron chi connectivity index (χ1n) is 8.13. The Balaban J connectivity index is 1.89. The van der Waals surface area contributed by atoms with Gasteiger partial charge in [0.15, 0.2) is 0 Å². The average molecular weight is 370 g/mol. The van der Waals surface area contributed by atoms with Crippen LogP contribution in [0.25, 0.3) is 0 Å². The molecule has 132 valence electrons. The Morgan fingerprint density at radius 1 is 1.21 bits per heavy atom. The van der Waals surface area contributed by atoms with Gasteiger partial charge in [0.25, 0.3) is 0 Å². The van der Waals surface area contributed by atoms with Crippen LogP contribution in [0.15, 0.2) is 29.2 Å². The number of sulfonamides is 1. The molecule has 5 nitrogen and oxygen atoms in total. The Morgan fingerprint density at radius 2 is 1.88 bits per heavy atom. The van der Waals surface area contributed by atoms with E-state index in [2.05, 4.69) is 16.7 Å². The van der Waals surface area contributed by atoms with Gasteiger partial charge in [0, 0.05) is 13.1 Å². The zero-order valence-electron chi connectivity index (χ0n) is 14.3. The highest BCUT2D eigenvalue weighted by Crippen LogP contribution is 2.19. The van der Waals surface area contributed by atoms with Crippen molar-refractivity contribution in [3.63, 3.8) is 0 Å². The van der Waals surface area contributed by atoms with Crippen molar-refractivity contribution < 1.29 is 8.42 Å². The van der Waals surface area contributed by atoms with Crippen LogP contribution in [-0.4, -0.2) is 24.7 Å². The number of aryl methyl sites for hydroxylation is 3. The molecule has 24 heavy (non-hydrogen) atoms. The number of nitrogens with one attached hydrogen (secondary N) is 1. The molecule has 0 amide bonds. The van der Waals surface area contributed by atoms with E-state index in [0.29, 0.717) is 29.4 Å². The van der Waals surface area contributed by atoms with E-state index in [9.17, 15) is 8.42 Å². The average Bonchev–Trinajstić information content (AvgIpc) is 2.80. The van der Waals surface area contributed by atoms with Gasteiger partial charge in [-0.3, -0.25) is 4.68 Å². The minimum Gasteiger partial charge on any atom is -0.268 e. The van der Waals surface area contributed by atoms with Crippen LogP contribution in [0.4, 0.5) is 0 Å². The van der Waals surface area contributed by atoms with Gasteiger partial charge in [0.05, 0.1) is 21.3 Å². The Hall–Kier alpha value is -1.37. The van der Waals surface area contributed by atoms with Crippen molar-refractivity contribution in [2.45, 2.75) is 51.5 Å². The lowest BCUT2D eigenvalue weighted by Gasteiger charge is -2.08. The van der Waals surface area contributed by atoms with Crippen LogP contribution in [0.2, 0.25) is 5.02 Å². The van der Waals surface area contributed by atoms with Crippen LogP contribution in [0, 0.1) is 13.8 Å². The molecule has 0 radical (unpaired) electrons. The Bertz CT molecular complexity index is 783. The monoisotopic (exact) mass is 369 g/mol. The standard InChI is InChI=1S/C17H24ClN3O2S/c1-4-6-15-7-9-16(10-8-15)24(22,23)19-11-5-12-21-14(3)17(18)13(2)20-21/h7-10,19H,4-6,11-12H2,1-3H3. The van der Waals surface area contributed by atoms with E-state index in [0.717, 1.165) is 29.8 Å². The molecule has 1 aromatic carbocycles. The summed E-state index contributed by atoms with van der Waals surface area (Å²) in [7, 11) is -3.47. The maximum Gasteiger partial charge on any atom is 0.240 e. The van der Waals surface area contributed by atoms with E-state index in [4.69, 9.17) is 11.6 Å². The Morgan fingerprint density at radius 3 is 2.42 bits per heavy atom. The fraction of sp³-hybridized carbons (Fsp3) is 0.471. The lowest BCUT2D eigenvalue weighted by molar-refractivity contribution is 0.544. The number of rotatable bonds is 8. The van der Waals surface area contributed by atoms with Crippen molar-refractivity contribution >= 4 is 21.6 Å². The zero-order chi connectivity index (χ0) is 17.7. The molecule has 2 aromatic rings. The molecule has 0 aliphatic heterocycles. The van der Waals surface area contributed by atoms with Crippen molar-refractivity contribution in [2.24, 2.45) is 0 Å². The van der Waals surface area contributed by atoms with Gasteiger partial charge in [-0.1, -0.05) is 37.1 Å². The van der Waals surface area contributed by atoms with E-state index in [-0.39, 0.29) is 0 Å². The maximum atomic E-state index is 12.3. The van der Waals surface area contributed by atoms with Gasteiger partial charge >= 0.3 is 0 Å². The molecular formula is C17H24ClN3O2S. The Kier molecular flexibility index (Phi) is 6.43. The van der Waals surface area contributed by atoms with Crippen LogP contribution in [-0.2, 0) is 23.0 Å². The summed E-state index contributed by atoms with van der Waals surface area (Å²) in [5.74, 6) is 0. The smallest absolute Gasteiger partial charge is 0.240 e. The normalized spacial score (nSPS) is 11.8. The second kappa shape index (κ2) is 8.14. The van der Waals surface area contributed by atoms with Crippen LogP contribution in [0.5, 0.6) is 0 Å². The second-order valence-electron chi connectivity index (χ2n) is 5.85. The van der Waals surface area contributed by atoms with Gasteiger partial charge in [-0.25, -0.2) is 13.1 Å². The molecule has 1 aromatic heterocycles. The summed E-state index contributed by atoms with van der Waals surface area (Å²) in [5.41, 5.74) is 2.85. The first-order valence-corrected chi connectivity index (χ1v) is 9.99. The molecular weight excluding hydrogens is 346 g/mol. The molecule has 1 N–H and O–H groups in total. The predicted molar refractivity (Wildman–Crippen MR) is 97.0 cm³/mol. The lowest BCUT2D eigenvalue weighted by atomic mass is 10.1. The van der Waals surface area contributed by atoms with Crippen molar-refractivity contribution in [1.82, 2.24) is 14.5 Å². The summed E-state index contributed by atoms with van der Waals surface area (Å²) >= 11 is 6.10. The van der Waals surface area contributed by atoms with Crippen molar-refractivity contribution in [3.05, 3.63) is 46.2 Å². The molecule has 7 heteroatoms. The largest absolute Gasteiger partial charge is 0.268 e. The fourth-order valence-electron chi connectivity index (χ4n) is 2.54. The van der Waals surface area contributed by atoms with E-state index in [1.54, 1.807) is 12.1 Å². The van der Waals surface area contributed by atoms with E-state index < -0.39 is 10.0 Å². The number of benzene rings is 1. The summed E-state index contributed by atoms with van der Waals surface area (Å²) in [5, 5.41) is 5.01. The number of aromatic nitrogens is 2. The van der Waals surface area contributed by atoms with Crippen LogP contribution in [0.1, 0.15) is 36.7 Å². The highest BCUT2D eigenvalue weighted by molar-refractivity contribution is 7.89. The number of hydrogen-bond acceptors (Lipinski definition) is 3. The van der Waals surface area contributed by atoms with Crippen molar-refractivity contribution in [3.8, 4) is 0 Å². The quantitative estimate of drug-likeness (QED) is 0.724. The molecule has 0 atom stereocenters. The van der Waals surface area contributed by atoms with Crippen molar-refractivity contribution in [1.29, 1.82) is 0 Å². The van der Waals surface area contributed by atoms with Gasteiger partial charge in [0.1, 0.15) is 0 Å². The molecule has 0 fully saturated rings. The SMILES string of the molecule is CCCc1ccc(S(=O)(=O)NCCCn2nc(C)c(Cl)c2C)cc1. The fourth-order valence-corrected chi connectivity index (χ4v) is 3.74. The van der Waals surface area contributed by atoms with Crippen LogP contribution >= 0.6 is 11.6 Å². The number of halogens is 1. The van der Waals surface area contributed by atoms with E-state index >= 15 is 0 Å². The molecule has 2 rings (SSSR count). The number of nitrogens with zero attached hydrogens (tertiary/aromatic N) is 2. The predicted octanol–water partition coefficient (Wildman–Crippen LogP) is 3.47. The van der Waals surface area contributed by atoms with E-state index in [1.807, 2.05) is 30.7 Å². The van der Waals surface area contributed by atoms with E-state index in [1.165, 1.54) is 0 Å². The highest BCUT2D eigenvalue weighted by Gasteiger charge is 2.13. The number of hydrogen-bond donors (Lipinski definition) is 1. The maximum absolute atomic E-state index is 12.3. The van der Waals surface area contributed by atoms with Gasteiger partial charge in [-0.15, -0.1) is 0 Å². The van der Waals surface area contributed by atoms with Gasteiger partial charge < -0.3 is 0 Å². The molecule has 0 spiro atoms. The van der Waals surface area contributed by atoms with Crippen LogP contribution < -0.4 is 4.72 Å². The van der Waals surface area contributed by atoms with Gasteiger partial charge in [0.2, 0.25) is 10.0 Å². The second-order valence-corrected chi connectivity index (χ2v) is 8.00. The molecule has 1 heterocycles. The lowest BCUT2D eigenvalue weighted by Crippen LogP contribution is -2.25.